The van der Waals surface area contributed by atoms with Crippen molar-refractivity contribution in [2.75, 3.05) is 0 Å². The normalized spacial score (nSPS) is 8.87. The number of hydrogen-bond donors (Lipinski definition) is 2. The monoisotopic (exact) mass is 314 g/mol. The number of carbonyl (C=O) groups excluding carboxylic acids is 1. The van der Waals surface area contributed by atoms with Gasteiger partial charge >= 0.3 is 0 Å². The fraction of sp³-hybridized carbons (Fsp3) is 0. The number of fused-ring (bicyclic) bond motifs is 1. The molecule has 4 nitrogen and oxygen atoms in total. The van der Waals surface area contributed by atoms with Crippen LogP contribution in [0.25, 0.3) is 10.9 Å². The van der Waals surface area contributed by atoms with Gasteiger partial charge in [0.2, 0.25) is 6.08 Å². The molecule has 76 valence electrons. The summed E-state index contributed by atoms with van der Waals surface area (Å²) in [6.45, 7) is 0. The van der Waals surface area contributed by atoms with Gasteiger partial charge in [-0.05, 0) is 46.9 Å². The van der Waals surface area contributed by atoms with Crippen LogP contribution < -0.4 is 0 Å². The van der Waals surface area contributed by atoms with Gasteiger partial charge in [0.25, 0.3) is 0 Å². The summed E-state index contributed by atoms with van der Waals surface area (Å²) in [6, 6.07) is 7.36. The summed E-state index contributed by atoms with van der Waals surface area (Å²) in [6.07, 6.45) is 2.35. The van der Waals surface area contributed by atoms with Crippen LogP contribution in [-0.4, -0.2) is 16.2 Å². The minimum Gasteiger partial charge on any atom is -0.507 e. The van der Waals surface area contributed by atoms with E-state index in [1.54, 1.807) is 12.3 Å². The maximum atomic E-state index is 9.42. The van der Waals surface area contributed by atoms with E-state index in [9.17, 15) is 5.11 Å². The number of rotatable bonds is 0. The Morgan fingerprint density at radius 3 is 2.73 bits per heavy atom. The Kier molecular flexibility index (Phi) is 4.20. The summed E-state index contributed by atoms with van der Waals surface area (Å²) in [5, 5.41) is 15.6. The zero-order valence-electron chi connectivity index (χ0n) is 7.57. The van der Waals surface area contributed by atoms with Gasteiger partial charge in [-0.2, -0.15) is 0 Å². The molecule has 0 spiro atoms. The van der Waals surface area contributed by atoms with Crippen LogP contribution in [-0.2, 0) is 4.79 Å². The number of benzene rings is 1. The molecule has 2 N–H and O–H groups in total. The SMILES string of the molecule is N=C=O.Oc1ccnc2cc(I)ccc12. The lowest BCUT2D eigenvalue weighted by molar-refractivity contribution is 0.481. The summed E-state index contributed by atoms with van der Waals surface area (Å²) in [5.74, 6) is 0.288. The first kappa shape index (κ1) is 11.6. The van der Waals surface area contributed by atoms with Gasteiger partial charge in [-0.1, -0.05) is 0 Å². The van der Waals surface area contributed by atoms with Gasteiger partial charge in [0, 0.05) is 15.2 Å². The third-order valence-electron chi connectivity index (χ3n) is 1.68. The zero-order chi connectivity index (χ0) is 11.3. The Morgan fingerprint density at radius 1 is 1.40 bits per heavy atom. The molecule has 15 heavy (non-hydrogen) atoms. The topological polar surface area (TPSA) is 74.0 Å². The Morgan fingerprint density at radius 2 is 2.07 bits per heavy atom. The highest BCUT2D eigenvalue weighted by Crippen LogP contribution is 2.23. The maximum Gasteiger partial charge on any atom is 0.231 e. The van der Waals surface area contributed by atoms with Gasteiger partial charge in [0.15, 0.2) is 0 Å². The van der Waals surface area contributed by atoms with Crippen LogP contribution in [0.5, 0.6) is 5.75 Å². The van der Waals surface area contributed by atoms with E-state index in [2.05, 4.69) is 27.6 Å². The Labute approximate surface area is 99.6 Å². The van der Waals surface area contributed by atoms with Gasteiger partial charge in [-0.25, -0.2) is 10.2 Å². The first-order valence-corrected chi connectivity index (χ1v) is 5.04. The molecule has 1 heterocycles. The van der Waals surface area contributed by atoms with Crippen LogP contribution in [0.2, 0.25) is 0 Å². The molecule has 2 rings (SSSR count). The number of nitrogens with one attached hydrogen (secondary N) is 1. The summed E-state index contributed by atoms with van der Waals surface area (Å²) < 4.78 is 1.12. The predicted molar refractivity (Wildman–Crippen MR) is 64.5 cm³/mol. The highest BCUT2D eigenvalue weighted by Gasteiger charge is 1.99. The van der Waals surface area contributed by atoms with Crippen LogP contribution in [0.1, 0.15) is 0 Å². The van der Waals surface area contributed by atoms with E-state index in [0.717, 1.165) is 20.6 Å². The van der Waals surface area contributed by atoms with Gasteiger partial charge < -0.3 is 5.11 Å². The summed E-state index contributed by atoms with van der Waals surface area (Å²) in [7, 11) is 0. The average Bonchev–Trinajstić information content (AvgIpc) is 2.19. The van der Waals surface area contributed by atoms with Crippen LogP contribution in [0.4, 0.5) is 0 Å². The first-order chi connectivity index (χ1) is 7.19. The smallest absolute Gasteiger partial charge is 0.231 e. The summed E-state index contributed by atoms with van der Waals surface area (Å²) in [4.78, 5) is 12.5. The molecular formula is C10H7IN2O2. The summed E-state index contributed by atoms with van der Waals surface area (Å²) >= 11 is 2.22. The number of isocyanates is 1. The third-order valence-corrected chi connectivity index (χ3v) is 2.35. The molecule has 0 amide bonds. The van der Waals surface area contributed by atoms with Crippen LogP contribution in [0, 0.1) is 8.98 Å². The van der Waals surface area contributed by atoms with Gasteiger partial charge in [-0.15, -0.1) is 0 Å². The Bertz CT molecular complexity index is 508. The molecule has 1 aromatic heterocycles. The molecule has 0 radical (unpaired) electrons. The second kappa shape index (κ2) is 5.43. The number of hydrogen-bond acceptors (Lipinski definition) is 4. The van der Waals surface area contributed by atoms with Crippen molar-refractivity contribution in [3.8, 4) is 5.75 Å². The van der Waals surface area contributed by atoms with Crippen molar-refractivity contribution in [3.05, 3.63) is 34.0 Å². The number of pyridine rings is 1. The molecule has 0 unspecified atom stereocenters. The molecule has 0 aliphatic heterocycles. The van der Waals surface area contributed by atoms with Crippen molar-refractivity contribution in [2.45, 2.75) is 0 Å². The Hall–Kier alpha value is -1.46. The number of nitrogens with zero attached hydrogens (tertiary/aromatic N) is 1. The molecule has 5 heteroatoms. The van der Waals surface area contributed by atoms with E-state index in [0.29, 0.717) is 0 Å². The molecule has 0 saturated heterocycles. The van der Waals surface area contributed by atoms with Gasteiger partial charge in [-0.3, -0.25) is 4.98 Å². The molecule has 0 atom stereocenters. The van der Waals surface area contributed by atoms with Crippen molar-refractivity contribution in [1.82, 2.24) is 4.98 Å². The molecule has 0 aliphatic rings. The molecule has 2 aromatic rings. The maximum absolute atomic E-state index is 9.42. The van der Waals surface area contributed by atoms with E-state index in [1.165, 1.54) is 0 Å². The average molecular weight is 314 g/mol. The van der Waals surface area contributed by atoms with Crippen molar-refractivity contribution in [2.24, 2.45) is 0 Å². The Balaban J connectivity index is 0.000000337. The predicted octanol–water partition coefficient (Wildman–Crippen LogP) is 2.45. The standard InChI is InChI=1S/C9H6INO.CHNO/c10-6-1-2-7-8(5-6)11-4-3-9(7)12;2-1-3/h1-5H,(H,11,12);2H. The lowest BCUT2D eigenvalue weighted by Crippen LogP contribution is -1.79. The number of aromatic hydroxyl groups is 1. The lowest BCUT2D eigenvalue weighted by Gasteiger charge is -1.98. The van der Waals surface area contributed by atoms with E-state index in [4.69, 9.17) is 10.2 Å². The fourth-order valence-electron chi connectivity index (χ4n) is 1.11. The molecule has 1 aromatic carbocycles. The minimum absolute atomic E-state index is 0.288. The largest absolute Gasteiger partial charge is 0.507 e. The van der Waals surface area contributed by atoms with Crippen LogP contribution in [0.3, 0.4) is 0 Å². The van der Waals surface area contributed by atoms with Gasteiger partial charge in [0.1, 0.15) is 5.75 Å². The number of halogens is 1. The fourth-order valence-corrected chi connectivity index (χ4v) is 1.58. The van der Waals surface area contributed by atoms with Crippen molar-refractivity contribution in [3.63, 3.8) is 0 Å². The second-order valence-corrected chi connectivity index (χ2v) is 3.84. The minimum atomic E-state index is 0.288. The zero-order valence-corrected chi connectivity index (χ0v) is 9.72. The third kappa shape index (κ3) is 3.00. The van der Waals surface area contributed by atoms with E-state index < -0.39 is 0 Å². The quantitative estimate of drug-likeness (QED) is 0.446. The highest BCUT2D eigenvalue weighted by atomic mass is 127. The second-order valence-electron chi connectivity index (χ2n) is 2.59. The molecular weight excluding hydrogens is 307 g/mol. The molecule has 0 saturated carbocycles. The molecule has 0 aliphatic carbocycles. The van der Waals surface area contributed by atoms with Crippen molar-refractivity contribution < 1.29 is 9.90 Å². The van der Waals surface area contributed by atoms with Crippen molar-refractivity contribution >= 4 is 39.6 Å². The first-order valence-electron chi connectivity index (χ1n) is 3.96. The van der Waals surface area contributed by atoms with E-state index >= 15 is 0 Å². The molecule has 0 bridgehead atoms. The van der Waals surface area contributed by atoms with E-state index in [1.807, 2.05) is 18.2 Å². The molecule has 0 fully saturated rings. The van der Waals surface area contributed by atoms with Crippen LogP contribution in [0.15, 0.2) is 30.5 Å². The lowest BCUT2D eigenvalue weighted by atomic mass is 10.2. The van der Waals surface area contributed by atoms with Crippen molar-refractivity contribution in [1.29, 1.82) is 5.41 Å². The highest BCUT2D eigenvalue weighted by molar-refractivity contribution is 14.1. The van der Waals surface area contributed by atoms with E-state index in [-0.39, 0.29) is 5.75 Å². The summed E-state index contributed by atoms with van der Waals surface area (Å²) in [5.41, 5.74) is 0.835. The van der Waals surface area contributed by atoms with Crippen LogP contribution >= 0.6 is 22.6 Å². The number of aromatic nitrogens is 1. The van der Waals surface area contributed by atoms with Gasteiger partial charge in [0.05, 0.1) is 5.52 Å².